The first kappa shape index (κ1) is 29.7. The molecule has 1 amide bonds. The van der Waals surface area contributed by atoms with E-state index in [9.17, 15) is 19.2 Å². The minimum absolute atomic E-state index is 0.0424. The Morgan fingerprint density at radius 3 is 2.67 bits per heavy atom. The molecular weight excluding hydrogens is 581 g/mol. The van der Waals surface area contributed by atoms with Gasteiger partial charge in [0.1, 0.15) is 48.4 Å². The van der Waals surface area contributed by atoms with Gasteiger partial charge in [0.25, 0.3) is 0 Å². The number of quaternary nitrogens is 1. The van der Waals surface area contributed by atoms with E-state index in [0.717, 1.165) is 6.42 Å². The van der Waals surface area contributed by atoms with E-state index in [1.807, 2.05) is 0 Å². The van der Waals surface area contributed by atoms with E-state index in [4.69, 9.17) is 15.2 Å². The molecule has 0 bridgehead atoms. The minimum atomic E-state index is -0.463. The smallest absolute Gasteiger partial charge is 0.339 e. The van der Waals surface area contributed by atoms with E-state index >= 15 is 0 Å². The van der Waals surface area contributed by atoms with Crippen molar-refractivity contribution in [2.45, 2.75) is 12.5 Å². The van der Waals surface area contributed by atoms with Crippen molar-refractivity contribution in [3.63, 3.8) is 0 Å². The van der Waals surface area contributed by atoms with Gasteiger partial charge in [0, 0.05) is 24.3 Å². The molecule has 2 atom stereocenters. The number of halogens is 1. The van der Waals surface area contributed by atoms with Crippen LogP contribution in [0.4, 0.5) is 15.9 Å². The van der Waals surface area contributed by atoms with Crippen LogP contribution in [0, 0.1) is 5.82 Å². The Hall–Kier alpha value is -5.37. The number of anilines is 2. The number of fused-ring (bicyclic) bond motifs is 1. The van der Waals surface area contributed by atoms with Gasteiger partial charge < -0.3 is 20.5 Å². The first-order valence-corrected chi connectivity index (χ1v) is 14.2. The van der Waals surface area contributed by atoms with Gasteiger partial charge in [-0.15, -0.1) is 0 Å². The summed E-state index contributed by atoms with van der Waals surface area (Å²) in [4.78, 5) is 35.1. The zero-order valence-corrected chi connectivity index (χ0v) is 24.3. The topological polar surface area (TPSA) is 147 Å². The Morgan fingerprint density at radius 2 is 1.91 bits per heavy atom. The SMILES string of the molecule is C[N@@+](O)(C/C=C/C(=O)Nc1cccc(-n2c(=O)n(-c3ccc(Oc4cccc(F)c4)cc3)c3c(N)ncnc32)c1)C1CCOC1. The summed E-state index contributed by atoms with van der Waals surface area (Å²) in [5, 5.41) is 13.5. The predicted molar refractivity (Wildman–Crippen MR) is 165 cm³/mol. The van der Waals surface area contributed by atoms with Gasteiger partial charge in [0.15, 0.2) is 11.5 Å². The summed E-state index contributed by atoms with van der Waals surface area (Å²) in [5.74, 6) is 0.0682. The fraction of sp³-hybridized carbons (Fsp3) is 0.188. The van der Waals surface area contributed by atoms with Crippen LogP contribution in [0.25, 0.3) is 22.5 Å². The Kier molecular flexibility index (Phi) is 8.13. The average molecular weight is 613 g/mol. The number of nitrogens with one attached hydrogen (secondary N) is 1. The highest BCUT2D eigenvalue weighted by Crippen LogP contribution is 2.27. The van der Waals surface area contributed by atoms with Gasteiger partial charge in [-0.2, -0.15) is 4.65 Å². The highest BCUT2D eigenvalue weighted by Gasteiger charge is 2.34. The molecule has 4 N–H and O–H groups in total. The van der Waals surface area contributed by atoms with E-state index in [-0.39, 0.29) is 28.7 Å². The number of hydrogen-bond donors (Lipinski definition) is 3. The maximum Gasteiger partial charge on any atom is 0.339 e. The standard InChI is InChI=1S/C32H30FN7O5/c1-40(43,25-14-16-44-19-25)15-4-9-28(41)37-22-6-3-7-24(18-22)39-31-29(30(34)35-20-36-31)38(32(39)42)23-10-12-26(13-11-23)45-27-8-2-5-21(33)17-27/h2-13,17-18,20,25,43H,14-16,19H2,1H3,(H2-,34,35,36,37,41)/p+1/b9-4+/t25?,40-/m1/s1. The Morgan fingerprint density at radius 1 is 1.11 bits per heavy atom. The molecule has 2 aromatic heterocycles. The number of nitrogen functional groups attached to an aromatic ring is 1. The van der Waals surface area contributed by atoms with Crippen LogP contribution in [0.2, 0.25) is 0 Å². The number of nitrogens with zero attached hydrogens (tertiary/aromatic N) is 5. The number of carbonyl (C=O) groups excluding carboxylic acids is 1. The number of ether oxygens (including phenoxy) is 2. The van der Waals surface area contributed by atoms with Crippen LogP contribution in [0.1, 0.15) is 6.42 Å². The van der Waals surface area contributed by atoms with Gasteiger partial charge >= 0.3 is 5.69 Å². The largest absolute Gasteiger partial charge is 0.457 e. The second kappa shape index (κ2) is 12.3. The normalized spacial score (nSPS) is 16.2. The number of imidazole rings is 1. The Labute approximate surface area is 256 Å². The molecule has 1 aliphatic rings. The van der Waals surface area contributed by atoms with Crippen LogP contribution in [0.3, 0.4) is 0 Å². The lowest BCUT2D eigenvalue weighted by molar-refractivity contribution is -1.10. The molecule has 1 fully saturated rings. The summed E-state index contributed by atoms with van der Waals surface area (Å²) < 4.78 is 27.2. The van der Waals surface area contributed by atoms with E-state index in [1.54, 1.807) is 73.8 Å². The van der Waals surface area contributed by atoms with Gasteiger partial charge in [0.2, 0.25) is 5.91 Å². The van der Waals surface area contributed by atoms with Crippen molar-refractivity contribution in [1.29, 1.82) is 0 Å². The number of benzene rings is 3. The molecule has 0 spiro atoms. The van der Waals surface area contributed by atoms with Crippen molar-refractivity contribution in [3.8, 4) is 22.9 Å². The molecule has 13 heteroatoms. The van der Waals surface area contributed by atoms with Crippen molar-refractivity contribution < 1.29 is 28.5 Å². The van der Waals surface area contributed by atoms with Crippen LogP contribution in [0.15, 0.2) is 96.1 Å². The third kappa shape index (κ3) is 6.31. The highest BCUT2D eigenvalue weighted by molar-refractivity contribution is 5.99. The maximum absolute atomic E-state index is 13.9. The first-order valence-electron chi connectivity index (χ1n) is 14.2. The predicted octanol–water partition coefficient (Wildman–Crippen LogP) is 4.20. The number of hydroxylamine groups is 3. The maximum atomic E-state index is 13.9. The van der Waals surface area contributed by atoms with Gasteiger partial charge in [-0.25, -0.2) is 28.9 Å². The molecule has 3 aromatic carbocycles. The molecule has 1 aliphatic heterocycles. The van der Waals surface area contributed by atoms with Crippen molar-refractivity contribution in [1.82, 2.24) is 19.1 Å². The van der Waals surface area contributed by atoms with E-state index in [1.165, 1.54) is 33.7 Å². The van der Waals surface area contributed by atoms with Crippen LogP contribution in [-0.2, 0) is 9.53 Å². The molecule has 5 aromatic rings. The summed E-state index contributed by atoms with van der Waals surface area (Å²) in [6, 6.07) is 19.1. The lowest BCUT2D eigenvalue weighted by Gasteiger charge is -2.29. The molecule has 3 heterocycles. The number of hydrogen-bond acceptors (Lipinski definition) is 8. The van der Waals surface area contributed by atoms with Gasteiger partial charge in [-0.05, 0) is 60.7 Å². The summed E-state index contributed by atoms with van der Waals surface area (Å²) in [6.07, 6.45) is 5.00. The number of aromatic nitrogens is 4. The van der Waals surface area contributed by atoms with Crippen molar-refractivity contribution in [3.05, 3.63) is 108 Å². The molecule has 0 saturated carbocycles. The van der Waals surface area contributed by atoms with Crippen LogP contribution >= 0.6 is 0 Å². The minimum Gasteiger partial charge on any atom is -0.457 e. The monoisotopic (exact) mass is 612 g/mol. The van der Waals surface area contributed by atoms with E-state index < -0.39 is 17.4 Å². The lowest BCUT2D eigenvalue weighted by Crippen LogP contribution is -2.49. The fourth-order valence-electron chi connectivity index (χ4n) is 5.24. The zero-order valence-electron chi connectivity index (χ0n) is 24.3. The molecular formula is C32H31FN7O5+. The van der Waals surface area contributed by atoms with Crippen molar-refractivity contribution in [2.75, 3.05) is 37.9 Å². The average Bonchev–Trinajstić information content (AvgIpc) is 3.66. The zero-order chi connectivity index (χ0) is 31.6. The second-order valence-electron chi connectivity index (χ2n) is 10.8. The second-order valence-corrected chi connectivity index (χ2v) is 10.8. The quantitative estimate of drug-likeness (QED) is 0.128. The molecule has 0 aliphatic carbocycles. The third-order valence-corrected chi connectivity index (χ3v) is 7.58. The van der Waals surface area contributed by atoms with Gasteiger partial charge in [-0.1, -0.05) is 12.1 Å². The Balaban J connectivity index is 1.26. The summed E-state index contributed by atoms with van der Waals surface area (Å²) in [5.41, 5.74) is 7.71. The number of carbonyl (C=O) groups is 1. The molecule has 1 unspecified atom stereocenters. The summed E-state index contributed by atoms with van der Waals surface area (Å²) in [7, 11) is 1.69. The van der Waals surface area contributed by atoms with Gasteiger partial charge in [0.05, 0.1) is 25.0 Å². The molecule has 12 nitrogen and oxygen atoms in total. The molecule has 6 rings (SSSR count). The third-order valence-electron chi connectivity index (χ3n) is 7.58. The van der Waals surface area contributed by atoms with Crippen molar-refractivity contribution in [2.24, 2.45) is 0 Å². The fourth-order valence-corrected chi connectivity index (χ4v) is 5.24. The number of amides is 1. The Bertz CT molecular complexity index is 1950. The molecule has 45 heavy (non-hydrogen) atoms. The van der Waals surface area contributed by atoms with Crippen molar-refractivity contribution >= 4 is 28.6 Å². The van der Waals surface area contributed by atoms with E-state index in [2.05, 4.69) is 15.3 Å². The molecule has 0 radical (unpaired) electrons. The number of nitrogens with two attached hydrogens (primary N) is 1. The molecule has 230 valence electrons. The van der Waals surface area contributed by atoms with Crippen LogP contribution in [0.5, 0.6) is 11.5 Å². The number of rotatable bonds is 9. The van der Waals surface area contributed by atoms with E-state index in [0.29, 0.717) is 47.3 Å². The number of likely N-dealkylation sites (N-methyl/N-ethyl adjacent to an activating group) is 1. The van der Waals surface area contributed by atoms with Crippen LogP contribution < -0.4 is 21.5 Å². The lowest BCUT2D eigenvalue weighted by atomic mass is 10.2. The van der Waals surface area contributed by atoms with Gasteiger partial charge in [-0.3, -0.25) is 9.36 Å². The molecule has 1 saturated heterocycles. The van der Waals surface area contributed by atoms with Crippen LogP contribution in [-0.4, -0.2) is 67.7 Å². The summed E-state index contributed by atoms with van der Waals surface area (Å²) in [6.45, 7) is 1.33. The highest BCUT2D eigenvalue weighted by atomic mass is 19.1. The summed E-state index contributed by atoms with van der Waals surface area (Å²) >= 11 is 0. The first-order chi connectivity index (χ1) is 21.7.